The number of fused-ring (bicyclic) bond motifs is 1. The molecule has 118 valence electrons. The van der Waals surface area contributed by atoms with Gasteiger partial charge in [-0.2, -0.15) is 0 Å². The van der Waals surface area contributed by atoms with Crippen molar-refractivity contribution in [2.45, 2.75) is 26.2 Å². The van der Waals surface area contributed by atoms with Crippen LogP contribution in [0.5, 0.6) is 0 Å². The summed E-state index contributed by atoms with van der Waals surface area (Å²) >= 11 is 2.94. The van der Waals surface area contributed by atoms with Gasteiger partial charge in [0.05, 0.1) is 10.2 Å². The fourth-order valence-electron chi connectivity index (χ4n) is 1.83. The van der Waals surface area contributed by atoms with Crippen LogP contribution in [0.2, 0.25) is 0 Å². The molecule has 0 atom stereocenters. The van der Waals surface area contributed by atoms with E-state index in [1.165, 1.54) is 17.4 Å². The van der Waals surface area contributed by atoms with Crippen molar-refractivity contribution < 1.29 is 4.79 Å². The number of anilines is 1. The summed E-state index contributed by atoms with van der Waals surface area (Å²) < 4.78 is 1.10. The van der Waals surface area contributed by atoms with Crippen molar-refractivity contribution in [3.05, 3.63) is 40.4 Å². The van der Waals surface area contributed by atoms with Gasteiger partial charge < -0.3 is 0 Å². The number of carbonyl (C=O) groups excluding carboxylic acids is 1. The van der Waals surface area contributed by atoms with Crippen molar-refractivity contribution >= 4 is 50.0 Å². The quantitative estimate of drug-likeness (QED) is 0.727. The molecule has 0 aliphatic rings. The van der Waals surface area contributed by atoms with Gasteiger partial charge in [-0.1, -0.05) is 44.2 Å². The third kappa shape index (κ3) is 3.80. The Morgan fingerprint density at radius 2 is 1.96 bits per heavy atom. The number of nitrogens with one attached hydrogen (secondary N) is 1. The maximum Gasteiger partial charge on any atom is 0.250 e. The van der Waals surface area contributed by atoms with Gasteiger partial charge in [-0.25, -0.2) is 4.98 Å². The Bertz CT molecular complexity index is 840. The van der Waals surface area contributed by atoms with Gasteiger partial charge in [0, 0.05) is 11.5 Å². The maximum atomic E-state index is 12.0. The molecule has 2 heterocycles. The number of rotatable bonds is 3. The van der Waals surface area contributed by atoms with Gasteiger partial charge in [0.25, 0.3) is 0 Å². The number of carbonyl (C=O) groups is 1. The summed E-state index contributed by atoms with van der Waals surface area (Å²) in [4.78, 5) is 16.4. The highest BCUT2D eigenvalue weighted by molar-refractivity contribution is 7.19. The van der Waals surface area contributed by atoms with Crippen LogP contribution in [0.3, 0.4) is 0 Å². The van der Waals surface area contributed by atoms with E-state index in [9.17, 15) is 4.79 Å². The van der Waals surface area contributed by atoms with Crippen molar-refractivity contribution in [2.24, 2.45) is 0 Å². The normalized spacial score (nSPS) is 12.1. The van der Waals surface area contributed by atoms with E-state index in [-0.39, 0.29) is 11.3 Å². The van der Waals surface area contributed by atoms with Crippen LogP contribution in [0, 0.1) is 0 Å². The molecule has 3 rings (SSSR count). The third-order valence-corrected chi connectivity index (χ3v) is 5.25. The molecule has 0 spiro atoms. The fraction of sp³-hybridized carbons (Fsp3) is 0.250. The number of amides is 1. The molecule has 5 nitrogen and oxygen atoms in total. The monoisotopic (exact) mass is 344 g/mol. The molecule has 23 heavy (non-hydrogen) atoms. The molecular weight excluding hydrogens is 328 g/mol. The first-order valence-electron chi connectivity index (χ1n) is 7.10. The van der Waals surface area contributed by atoms with E-state index in [1.54, 1.807) is 17.4 Å². The minimum atomic E-state index is -0.235. The summed E-state index contributed by atoms with van der Waals surface area (Å²) in [6, 6.07) is 7.89. The van der Waals surface area contributed by atoms with Crippen LogP contribution in [0.15, 0.2) is 30.3 Å². The predicted molar refractivity (Wildman–Crippen MR) is 95.9 cm³/mol. The number of hydrogen-bond acceptors (Lipinski definition) is 6. The van der Waals surface area contributed by atoms with Crippen LogP contribution in [-0.2, 0) is 10.2 Å². The lowest BCUT2D eigenvalue weighted by Gasteiger charge is -2.12. The highest BCUT2D eigenvalue weighted by Gasteiger charge is 2.19. The molecule has 1 amide bonds. The number of thiazole rings is 1. The van der Waals surface area contributed by atoms with Crippen molar-refractivity contribution in [2.75, 3.05) is 5.32 Å². The molecule has 0 fully saturated rings. The van der Waals surface area contributed by atoms with Gasteiger partial charge >= 0.3 is 0 Å². The van der Waals surface area contributed by atoms with Gasteiger partial charge in [-0.15, -0.1) is 21.5 Å². The lowest BCUT2D eigenvalue weighted by Crippen LogP contribution is -2.10. The Morgan fingerprint density at radius 3 is 2.65 bits per heavy atom. The van der Waals surface area contributed by atoms with Crippen LogP contribution in [0.25, 0.3) is 16.3 Å². The van der Waals surface area contributed by atoms with E-state index < -0.39 is 0 Å². The largest absolute Gasteiger partial charge is 0.297 e. The predicted octanol–water partition coefficient (Wildman–Crippen LogP) is 4.10. The average molecular weight is 344 g/mol. The molecule has 1 N–H and O–H groups in total. The summed E-state index contributed by atoms with van der Waals surface area (Å²) in [6.45, 7) is 6.18. The van der Waals surface area contributed by atoms with Gasteiger partial charge in [0.15, 0.2) is 0 Å². The Balaban J connectivity index is 1.68. The third-order valence-electron chi connectivity index (χ3n) is 2.98. The molecular formula is C16H16N4OS2. The van der Waals surface area contributed by atoms with Crippen LogP contribution < -0.4 is 5.32 Å². The van der Waals surface area contributed by atoms with Gasteiger partial charge in [0.2, 0.25) is 11.0 Å². The molecule has 0 saturated heterocycles. The van der Waals surface area contributed by atoms with E-state index in [0.717, 1.165) is 20.2 Å². The Kier molecular flexibility index (Phi) is 4.23. The zero-order valence-electron chi connectivity index (χ0n) is 13.0. The first kappa shape index (κ1) is 15.8. The average Bonchev–Trinajstić information content (AvgIpc) is 3.10. The van der Waals surface area contributed by atoms with E-state index in [4.69, 9.17) is 0 Å². The van der Waals surface area contributed by atoms with Crippen molar-refractivity contribution in [3.8, 4) is 0 Å². The first-order chi connectivity index (χ1) is 10.9. The number of para-hydroxylation sites is 1. The molecule has 0 radical (unpaired) electrons. The molecule has 0 aliphatic carbocycles. The van der Waals surface area contributed by atoms with Crippen molar-refractivity contribution in [3.63, 3.8) is 0 Å². The highest BCUT2D eigenvalue weighted by atomic mass is 32.1. The van der Waals surface area contributed by atoms with Crippen molar-refractivity contribution in [1.82, 2.24) is 15.2 Å². The molecule has 7 heteroatoms. The van der Waals surface area contributed by atoms with Gasteiger partial charge in [0.1, 0.15) is 10.0 Å². The lowest BCUT2D eigenvalue weighted by molar-refractivity contribution is -0.111. The molecule has 1 aromatic carbocycles. The van der Waals surface area contributed by atoms with E-state index in [1.807, 2.05) is 24.3 Å². The molecule has 0 aliphatic heterocycles. The number of hydrogen-bond donors (Lipinski definition) is 1. The number of aromatic nitrogens is 3. The minimum Gasteiger partial charge on any atom is -0.297 e. The summed E-state index contributed by atoms with van der Waals surface area (Å²) in [5.74, 6) is -0.235. The topological polar surface area (TPSA) is 67.8 Å². The minimum absolute atomic E-state index is 0.0719. The van der Waals surface area contributed by atoms with Crippen LogP contribution >= 0.6 is 22.7 Å². The standard InChI is InChI=1S/C16H16N4OS2/c1-16(2,3)14-19-20-15(23-14)18-12(21)8-9-13-17-10-6-4-5-7-11(10)22-13/h4-9H,1-3H3,(H,18,20,21)/b9-8+. The van der Waals surface area contributed by atoms with Gasteiger partial charge in [-0.3, -0.25) is 10.1 Å². The smallest absolute Gasteiger partial charge is 0.250 e. The number of benzene rings is 1. The summed E-state index contributed by atoms with van der Waals surface area (Å²) in [6.07, 6.45) is 3.18. The van der Waals surface area contributed by atoms with Crippen LogP contribution in [0.1, 0.15) is 30.8 Å². The maximum absolute atomic E-state index is 12.0. The second-order valence-electron chi connectivity index (χ2n) is 6.00. The Hall–Kier alpha value is -2.12. The fourth-order valence-corrected chi connectivity index (χ4v) is 3.51. The van der Waals surface area contributed by atoms with Crippen LogP contribution in [0.4, 0.5) is 5.13 Å². The Labute approximate surface area is 142 Å². The van der Waals surface area contributed by atoms with Crippen molar-refractivity contribution in [1.29, 1.82) is 0 Å². The second-order valence-corrected chi connectivity index (χ2v) is 8.04. The second kappa shape index (κ2) is 6.17. The molecule has 0 bridgehead atoms. The molecule has 3 aromatic rings. The summed E-state index contributed by atoms with van der Waals surface area (Å²) in [5, 5.41) is 13.0. The van der Waals surface area contributed by atoms with Crippen LogP contribution in [-0.4, -0.2) is 21.1 Å². The van der Waals surface area contributed by atoms with E-state index in [0.29, 0.717) is 5.13 Å². The van der Waals surface area contributed by atoms with Gasteiger partial charge in [-0.05, 0) is 18.2 Å². The molecule has 0 unspecified atom stereocenters. The zero-order valence-corrected chi connectivity index (χ0v) is 14.7. The van der Waals surface area contributed by atoms with E-state index >= 15 is 0 Å². The van der Waals surface area contributed by atoms with E-state index in [2.05, 4.69) is 41.3 Å². The molecule has 2 aromatic heterocycles. The Morgan fingerprint density at radius 1 is 1.17 bits per heavy atom. The highest BCUT2D eigenvalue weighted by Crippen LogP contribution is 2.27. The lowest BCUT2D eigenvalue weighted by atomic mass is 9.98. The summed E-state index contributed by atoms with van der Waals surface area (Å²) in [5.41, 5.74) is 0.869. The molecule has 0 saturated carbocycles. The first-order valence-corrected chi connectivity index (χ1v) is 8.74. The number of nitrogens with zero attached hydrogens (tertiary/aromatic N) is 3. The SMILES string of the molecule is CC(C)(C)c1nnc(NC(=O)/C=C/c2nc3ccccc3s2)s1. The zero-order chi connectivity index (χ0) is 16.4. The summed E-state index contributed by atoms with van der Waals surface area (Å²) in [7, 11) is 0.